The van der Waals surface area contributed by atoms with E-state index in [9.17, 15) is 4.79 Å². The van der Waals surface area contributed by atoms with Crippen molar-refractivity contribution in [2.45, 2.75) is 33.2 Å². The molecule has 2 aromatic carbocycles. The molecule has 0 saturated carbocycles. The maximum atomic E-state index is 12.8. The van der Waals surface area contributed by atoms with Crippen LogP contribution < -0.4 is 0 Å². The molecular formula is C21H24N2O. The van der Waals surface area contributed by atoms with E-state index in [1.54, 1.807) is 0 Å². The van der Waals surface area contributed by atoms with Crippen molar-refractivity contribution < 1.29 is 4.79 Å². The molecule has 1 atom stereocenters. The minimum atomic E-state index is 0.0589. The number of rotatable bonds is 4. The van der Waals surface area contributed by atoms with E-state index < -0.39 is 0 Å². The van der Waals surface area contributed by atoms with Gasteiger partial charge < -0.3 is 9.88 Å². The third-order valence-corrected chi connectivity index (χ3v) is 4.89. The Balaban J connectivity index is 1.80. The number of carbonyl (C=O) groups is 1. The molecule has 0 aliphatic rings. The number of para-hydroxylation sites is 1. The predicted octanol–water partition coefficient (Wildman–Crippen LogP) is 4.55. The van der Waals surface area contributed by atoms with Gasteiger partial charge in [0.1, 0.15) is 0 Å². The summed E-state index contributed by atoms with van der Waals surface area (Å²) in [5.41, 5.74) is 5.65. The number of aromatic amines is 1. The third-order valence-electron chi connectivity index (χ3n) is 4.89. The number of aryl methyl sites for hydroxylation is 2. The predicted molar refractivity (Wildman–Crippen MR) is 99.1 cm³/mol. The summed E-state index contributed by atoms with van der Waals surface area (Å²) in [6.07, 6.45) is 0.419. The van der Waals surface area contributed by atoms with Crippen LogP contribution in [0, 0.1) is 13.8 Å². The Bertz CT molecular complexity index is 861. The van der Waals surface area contributed by atoms with E-state index in [4.69, 9.17) is 0 Å². The summed E-state index contributed by atoms with van der Waals surface area (Å²) in [5, 5.41) is 1.14. The van der Waals surface area contributed by atoms with Crippen LogP contribution in [0.15, 0.2) is 48.5 Å². The van der Waals surface area contributed by atoms with Gasteiger partial charge in [0.15, 0.2) is 0 Å². The number of aromatic nitrogens is 1. The Labute approximate surface area is 143 Å². The van der Waals surface area contributed by atoms with Gasteiger partial charge in [0, 0.05) is 23.6 Å². The van der Waals surface area contributed by atoms with Crippen molar-refractivity contribution in [1.29, 1.82) is 0 Å². The summed E-state index contributed by atoms with van der Waals surface area (Å²) in [6, 6.07) is 16.6. The van der Waals surface area contributed by atoms with Crippen LogP contribution in [0.4, 0.5) is 0 Å². The van der Waals surface area contributed by atoms with Gasteiger partial charge in [-0.2, -0.15) is 0 Å². The molecule has 0 aliphatic heterocycles. The van der Waals surface area contributed by atoms with Crippen molar-refractivity contribution in [2.24, 2.45) is 0 Å². The van der Waals surface area contributed by atoms with Crippen LogP contribution >= 0.6 is 0 Å². The molecule has 1 N–H and O–H groups in total. The number of hydrogen-bond acceptors (Lipinski definition) is 1. The molecule has 24 heavy (non-hydrogen) atoms. The van der Waals surface area contributed by atoms with E-state index in [1.807, 2.05) is 31.0 Å². The lowest BCUT2D eigenvalue weighted by Gasteiger charge is -2.25. The fraction of sp³-hybridized carbons (Fsp3) is 0.286. The number of H-pyrrole nitrogens is 1. The van der Waals surface area contributed by atoms with Crippen molar-refractivity contribution in [1.82, 2.24) is 9.88 Å². The molecule has 1 aromatic heterocycles. The highest BCUT2D eigenvalue weighted by molar-refractivity contribution is 5.90. The molecule has 3 rings (SSSR count). The van der Waals surface area contributed by atoms with Gasteiger partial charge in [-0.05, 0) is 38.0 Å². The van der Waals surface area contributed by atoms with Crippen molar-refractivity contribution in [2.75, 3.05) is 7.05 Å². The first-order valence-electron chi connectivity index (χ1n) is 8.35. The largest absolute Gasteiger partial charge is 0.358 e. The number of nitrogens with one attached hydrogen (secondary N) is 1. The molecule has 0 spiro atoms. The Morgan fingerprint density at radius 2 is 1.75 bits per heavy atom. The Morgan fingerprint density at radius 1 is 1.08 bits per heavy atom. The molecule has 1 amide bonds. The van der Waals surface area contributed by atoms with Crippen molar-refractivity contribution in [3.8, 4) is 0 Å². The summed E-state index contributed by atoms with van der Waals surface area (Å²) in [7, 11) is 1.89. The van der Waals surface area contributed by atoms with Crippen LogP contribution in [0.3, 0.4) is 0 Å². The number of carbonyl (C=O) groups excluding carboxylic acids is 1. The highest BCUT2D eigenvalue weighted by Crippen LogP contribution is 2.25. The van der Waals surface area contributed by atoms with Crippen LogP contribution in [-0.4, -0.2) is 22.8 Å². The molecule has 0 fully saturated rings. The van der Waals surface area contributed by atoms with Crippen molar-refractivity contribution in [3.63, 3.8) is 0 Å². The molecule has 3 aromatic rings. The fourth-order valence-corrected chi connectivity index (χ4v) is 3.12. The molecule has 1 unspecified atom stereocenters. The second-order valence-corrected chi connectivity index (χ2v) is 6.54. The molecule has 3 nitrogen and oxygen atoms in total. The Kier molecular flexibility index (Phi) is 4.43. The smallest absolute Gasteiger partial charge is 0.227 e. The Hall–Kier alpha value is -2.55. The molecule has 0 saturated heterocycles. The lowest BCUT2D eigenvalue weighted by molar-refractivity contribution is -0.131. The quantitative estimate of drug-likeness (QED) is 0.752. The first kappa shape index (κ1) is 16.3. The standard InChI is InChI=1S/C21H24N2O/c1-14-9-11-17(12-10-14)16(3)23(4)21(24)13-19-15(2)22-20-8-6-5-7-18(19)20/h5-12,16,22H,13H2,1-4H3. The van der Waals surface area contributed by atoms with E-state index in [1.165, 1.54) is 5.56 Å². The summed E-state index contributed by atoms with van der Waals surface area (Å²) in [5.74, 6) is 0.135. The summed E-state index contributed by atoms with van der Waals surface area (Å²) >= 11 is 0. The zero-order chi connectivity index (χ0) is 17.3. The maximum Gasteiger partial charge on any atom is 0.227 e. The molecule has 124 valence electrons. The zero-order valence-corrected chi connectivity index (χ0v) is 14.8. The minimum Gasteiger partial charge on any atom is -0.358 e. The average molecular weight is 320 g/mol. The number of likely N-dealkylation sites (N-methyl/N-ethyl adjacent to an activating group) is 1. The molecule has 0 aliphatic carbocycles. The Morgan fingerprint density at radius 3 is 2.46 bits per heavy atom. The summed E-state index contributed by atoms with van der Waals surface area (Å²) < 4.78 is 0. The van der Waals surface area contributed by atoms with E-state index in [0.717, 1.165) is 27.7 Å². The topological polar surface area (TPSA) is 36.1 Å². The van der Waals surface area contributed by atoms with Crippen LogP contribution in [0.25, 0.3) is 10.9 Å². The van der Waals surface area contributed by atoms with Gasteiger partial charge >= 0.3 is 0 Å². The highest BCUT2D eigenvalue weighted by Gasteiger charge is 2.20. The number of benzene rings is 2. The van der Waals surface area contributed by atoms with E-state index in [0.29, 0.717) is 6.42 Å². The summed E-state index contributed by atoms with van der Waals surface area (Å²) in [6.45, 7) is 6.18. The van der Waals surface area contributed by atoms with Gasteiger partial charge in [-0.15, -0.1) is 0 Å². The lowest BCUT2D eigenvalue weighted by atomic mass is 10.0. The van der Waals surface area contributed by atoms with E-state index in [-0.39, 0.29) is 11.9 Å². The number of fused-ring (bicyclic) bond motifs is 1. The molecule has 0 bridgehead atoms. The van der Waals surface area contributed by atoms with Crippen molar-refractivity contribution >= 4 is 16.8 Å². The van der Waals surface area contributed by atoms with E-state index in [2.05, 4.69) is 55.2 Å². The number of hydrogen-bond donors (Lipinski definition) is 1. The van der Waals surface area contributed by atoms with E-state index >= 15 is 0 Å². The molecule has 0 radical (unpaired) electrons. The lowest BCUT2D eigenvalue weighted by Crippen LogP contribution is -2.31. The summed E-state index contributed by atoms with van der Waals surface area (Å²) in [4.78, 5) is 18.0. The average Bonchev–Trinajstić information content (AvgIpc) is 2.90. The first-order chi connectivity index (χ1) is 11.5. The van der Waals surface area contributed by atoms with Gasteiger partial charge in [-0.1, -0.05) is 48.0 Å². The minimum absolute atomic E-state index is 0.0589. The van der Waals surface area contributed by atoms with Gasteiger partial charge in [0.2, 0.25) is 5.91 Å². The molecular weight excluding hydrogens is 296 g/mol. The second kappa shape index (κ2) is 6.52. The number of nitrogens with zero attached hydrogens (tertiary/aromatic N) is 1. The third kappa shape index (κ3) is 3.07. The highest BCUT2D eigenvalue weighted by atomic mass is 16.2. The van der Waals surface area contributed by atoms with Crippen LogP contribution in [0.1, 0.15) is 35.3 Å². The zero-order valence-electron chi connectivity index (χ0n) is 14.8. The van der Waals surface area contributed by atoms with Gasteiger partial charge in [0.05, 0.1) is 12.5 Å². The molecule has 1 heterocycles. The molecule has 3 heteroatoms. The van der Waals surface area contributed by atoms with Gasteiger partial charge in [-0.25, -0.2) is 0 Å². The first-order valence-corrected chi connectivity index (χ1v) is 8.35. The second-order valence-electron chi connectivity index (χ2n) is 6.54. The van der Waals surface area contributed by atoms with Gasteiger partial charge in [-0.3, -0.25) is 4.79 Å². The fourth-order valence-electron chi connectivity index (χ4n) is 3.12. The normalized spacial score (nSPS) is 12.3. The van der Waals surface area contributed by atoms with Crippen LogP contribution in [-0.2, 0) is 11.2 Å². The SMILES string of the molecule is Cc1ccc(C(C)N(C)C(=O)Cc2c(C)[nH]c3ccccc23)cc1. The van der Waals surface area contributed by atoms with Gasteiger partial charge in [0.25, 0.3) is 0 Å². The maximum absolute atomic E-state index is 12.8. The monoisotopic (exact) mass is 320 g/mol. The number of amides is 1. The van der Waals surface area contributed by atoms with Crippen LogP contribution in [0.5, 0.6) is 0 Å². The van der Waals surface area contributed by atoms with Crippen molar-refractivity contribution in [3.05, 3.63) is 70.9 Å². The van der Waals surface area contributed by atoms with Crippen LogP contribution in [0.2, 0.25) is 0 Å².